The molecule has 2 N–H and O–H groups in total. The zero-order valence-corrected chi connectivity index (χ0v) is 10.5. The van der Waals surface area contributed by atoms with Crippen LogP contribution in [-0.4, -0.2) is 24.3 Å². The van der Waals surface area contributed by atoms with Gasteiger partial charge in [0.05, 0.1) is 11.8 Å². The number of methoxy groups -OCH3 is 1. The zero-order chi connectivity index (χ0) is 12.3. The van der Waals surface area contributed by atoms with Gasteiger partial charge in [0.2, 0.25) is 5.88 Å². The van der Waals surface area contributed by atoms with Gasteiger partial charge in [-0.2, -0.15) is 0 Å². The van der Waals surface area contributed by atoms with Gasteiger partial charge in [-0.15, -0.1) is 0 Å². The van der Waals surface area contributed by atoms with E-state index < -0.39 is 0 Å². The molecule has 4 nitrogen and oxygen atoms in total. The number of nitrogen functional groups attached to an aromatic ring is 1. The summed E-state index contributed by atoms with van der Waals surface area (Å²) in [5.74, 6) is 0.562. The van der Waals surface area contributed by atoms with E-state index in [1.807, 2.05) is 13.0 Å². The van der Waals surface area contributed by atoms with Gasteiger partial charge in [0, 0.05) is 19.7 Å². The Balaban J connectivity index is 2.02. The van der Waals surface area contributed by atoms with Crippen molar-refractivity contribution in [2.45, 2.75) is 44.8 Å². The maximum atomic E-state index is 5.95. The smallest absolute Gasteiger partial charge is 0.237 e. The van der Waals surface area contributed by atoms with Crippen molar-refractivity contribution in [1.29, 1.82) is 0 Å². The van der Waals surface area contributed by atoms with Gasteiger partial charge in [-0.05, 0) is 37.8 Å². The minimum atomic E-state index is 0.172. The van der Waals surface area contributed by atoms with Gasteiger partial charge in [0.1, 0.15) is 6.10 Å². The summed E-state index contributed by atoms with van der Waals surface area (Å²) in [4.78, 5) is 4.20. The summed E-state index contributed by atoms with van der Waals surface area (Å²) in [6.07, 6.45) is 6.44. The first kappa shape index (κ1) is 12.2. The summed E-state index contributed by atoms with van der Waals surface area (Å²) >= 11 is 0. The third-order valence-electron chi connectivity index (χ3n) is 3.36. The lowest BCUT2D eigenvalue weighted by molar-refractivity contribution is 0.0198. The predicted molar refractivity (Wildman–Crippen MR) is 67.1 cm³/mol. The zero-order valence-electron chi connectivity index (χ0n) is 10.5. The molecule has 0 radical (unpaired) electrons. The molecule has 1 aliphatic carbocycles. The molecule has 0 saturated heterocycles. The quantitative estimate of drug-likeness (QED) is 0.875. The molecule has 2 unspecified atom stereocenters. The predicted octanol–water partition coefficient (Wildman–Crippen LogP) is 2.31. The molecular formula is C13H20N2O2. The van der Waals surface area contributed by atoms with Gasteiger partial charge < -0.3 is 15.2 Å². The summed E-state index contributed by atoms with van der Waals surface area (Å²) in [6.45, 7) is 1.96. The Labute approximate surface area is 102 Å². The average Bonchev–Trinajstić information content (AvgIpc) is 2.35. The molecule has 1 aliphatic rings. The average molecular weight is 236 g/mol. The molecule has 0 bridgehead atoms. The minimum Gasteiger partial charge on any atom is -0.473 e. The number of pyridine rings is 1. The molecule has 1 aromatic rings. The number of aryl methyl sites for hydroxylation is 1. The standard InChI is InChI=1S/C13H20N2O2/c1-9-6-7-15-13(12(9)14)17-11-5-3-4-10(8-11)16-2/h6-7,10-11H,3-5,8,14H2,1-2H3. The van der Waals surface area contributed by atoms with Crippen molar-refractivity contribution in [3.8, 4) is 5.88 Å². The molecule has 2 rings (SSSR count). The van der Waals surface area contributed by atoms with Crippen LogP contribution in [0.1, 0.15) is 31.2 Å². The Bertz CT molecular complexity index is 382. The van der Waals surface area contributed by atoms with Crippen LogP contribution in [0.5, 0.6) is 5.88 Å². The van der Waals surface area contributed by atoms with Crippen molar-refractivity contribution in [2.75, 3.05) is 12.8 Å². The lowest BCUT2D eigenvalue weighted by atomic mass is 9.95. The highest BCUT2D eigenvalue weighted by molar-refractivity contribution is 5.53. The normalized spacial score (nSPS) is 24.6. The fourth-order valence-corrected chi connectivity index (χ4v) is 2.22. The van der Waals surface area contributed by atoms with Crippen LogP contribution in [0.2, 0.25) is 0 Å². The van der Waals surface area contributed by atoms with Crippen molar-refractivity contribution in [2.24, 2.45) is 0 Å². The number of rotatable bonds is 3. The topological polar surface area (TPSA) is 57.4 Å². The molecule has 94 valence electrons. The van der Waals surface area contributed by atoms with Gasteiger partial charge in [-0.3, -0.25) is 0 Å². The summed E-state index contributed by atoms with van der Waals surface area (Å²) in [5.41, 5.74) is 7.60. The summed E-state index contributed by atoms with van der Waals surface area (Å²) in [7, 11) is 1.76. The molecule has 0 aromatic carbocycles. The van der Waals surface area contributed by atoms with E-state index >= 15 is 0 Å². The van der Waals surface area contributed by atoms with Crippen LogP contribution >= 0.6 is 0 Å². The Morgan fingerprint density at radius 3 is 2.88 bits per heavy atom. The van der Waals surface area contributed by atoms with Crippen LogP contribution in [0.15, 0.2) is 12.3 Å². The van der Waals surface area contributed by atoms with Crippen LogP contribution in [0.4, 0.5) is 5.69 Å². The molecule has 0 spiro atoms. The van der Waals surface area contributed by atoms with E-state index in [-0.39, 0.29) is 6.10 Å². The number of nitrogens with zero attached hydrogens (tertiary/aromatic N) is 1. The highest BCUT2D eigenvalue weighted by Crippen LogP contribution is 2.28. The number of hydrogen-bond donors (Lipinski definition) is 1. The van der Waals surface area contributed by atoms with Crippen LogP contribution in [0, 0.1) is 6.92 Å². The van der Waals surface area contributed by atoms with E-state index in [0.717, 1.165) is 31.2 Å². The molecule has 4 heteroatoms. The first-order valence-corrected chi connectivity index (χ1v) is 6.11. The first-order valence-electron chi connectivity index (χ1n) is 6.11. The largest absolute Gasteiger partial charge is 0.473 e. The van der Waals surface area contributed by atoms with Crippen molar-refractivity contribution in [3.05, 3.63) is 17.8 Å². The monoisotopic (exact) mass is 236 g/mol. The second-order valence-corrected chi connectivity index (χ2v) is 4.61. The van der Waals surface area contributed by atoms with Crippen molar-refractivity contribution >= 4 is 5.69 Å². The fourth-order valence-electron chi connectivity index (χ4n) is 2.22. The van der Waals surface area contributed by atoms with Gasteiger partial charge in [0.15, 0.2) is 0 Å². The molecule has 0 aliphatic heterocycles. The van der Waals surface area contributed by atoms with Gasteiger partial charge in [-0.1, -0.05) is 0 Å². The van der Waals surface area contributed by atoms with E-state index in [9.17, 15) is 0 Å². The third kappa shape index (κ3) is 2.88. The van der Waals surface area contributed by atoms with Gasteiger partial charge in [-0.25, -0.2) is 4.98 Å². The number of ether oxygens (including phenoxy) is 2. The van der Waals surface area contributed by atoms with Crippen LogP contribution in [0.25, 0.3) is 0 Å². The van der Waals surface area contributed by atoms with Crippen molar-refractivity contribution in [1.82, 2.24) is 4.98 Å². The Kier molecular flexibility index (Phi) is 3.84. The van der Waals surface area contributed by atoms with E-state index in [1.54, 1.807) is 13.3 Å². The maximum absolute atomic E-state index is 5.95. The van der Waals surface area contributed by atoms with Crippen LogP contribution < -0.4 is 10.5 Å². The Hall–Kier alpha value is -1.29. The minimum absolute atomic E-state index is 0.172. The summed E-state index contributed by atoms with van der Waals surface area (Å²) in [5, 5.41) is 0. The third-order valence-corrected chi connectivity index (χ3v) is 3.36. The lowest BCUT2D eigenvalue weighted by Crippen LogP contribution is -2.30. The molecule has 1 aromatic heterocycles. The molecule has 17 heavy (non-hydrogen) atoms. The number of nitrogens with two attached hydrogens (primary N) is 1. The van der Waals surface area contributed by atoms with Crippen LogP contribution in [-0.2, 0) is 4.74 Å². The molecule has 1 fully saturated rings. The second-order valence-electron chi connectivity index (χ2n) is 4.61. The maximum Gasteiger partial charge on any atom is 0.237 e. The van der Waals surface area contributed by atoms with E-state index in [1.165, 1.54) is 0 Å². The van der Waals surface area contributed by atoms with Crippen molar-refractivity contribution in [3.63, 3.8) is 0 Å². The number of hydrogen-bond acceptors (Lipinski definition) is 4. The highest BCUT2D eigenvalue weighted by atomic mass is 16.5. The molecule has 1 saturated carbocycles. The fraction of sp³-hybridized carbons (Fsp3) is 0.615. The summed E-state index contributed by atoms with van der Waals surface area (Å²) in [6, 6.07) is 1.89. The van der Waals surface area contributed by atoms with Gasteiger partial charge >= 0.3 is 0 Å². The lowest BCUT2D eigenvalue weighted by Gasteiger charge is -2.28. The molecular weight excluding hydrogens is 216 g/mol. The first-order chi connectivity index (χ1) is 8.20. The molecule has 1 heterocycles. The number of aromatic nitrogens is 1. The second kappa shape index (κ2) is 5.36. The molecule has 0 amide bonds. The molecule has 2 atom stereocenters. The van der Waals surface area contributed by atoms with E-state index in [2.05, 4.69) is 4.98 Å². The van der Waals surface area contributed by atoms with E-state index in [4.69, 9.17) is 15.2 Å². The van der Waals surface area contributed by atoms with Crippen LogP contribution in [0.3, 0.4) is 0 Å². The SMILES string of the molecule is COC1CCCC(Oc2nccc(C)c2N)C1. The van der Waals surface area contributed by atoms with Gasteiger partial charge in [0.25, 0.3) is 0 Å². The highest BCUT2D eigenvalue weighted by Gasteiger charge is 2.24. The number of anilines is 1. The Morgan fingerprint density at radius 2 is 2.12 bits per heavy atom. The summed E-state index contributed by atoms with van der Waals surface area (Å²) < 4.78 is 11.3. The van der Waals surface area contributed by atoms with E-state index in [0.29, 0.717) is 17.7 Å². The van der Waals surface area contributed by atoms with Crippen molar-refractivity contribution < 1.29 is 9.47 Å². The Morgan fingerprint density at radius 1 is 1.35 bits per heavy atom.